The van der Waals surface area contributed by atoms with Crippen LogP contribution in [0.3, 0.4) is 0 Å². The Morgan fingerprint density at radius 3 is 1.00 bits per heavy atom. The first-order valence-electron chi connectivity index (χ1n) is 34.9. The van der Waals surface area contributed by atoms with Crippen LogP contribution in [0.15, 0.2) is 271 Å². The van der Waals surface area contributed by atoms with Gasteiger partial charge in [0.15, 0.2) is 0 Å². The molecule has 110 heavy (non-hydrogen) atoms. The van der Waals surface area contributed by atoms with E-state index in [1.165, 1.54) is 30.3 Å². The van der Waals surface area contributed by atoms with Gasteiger partial charge in [-0.1, -0.05) is 259 Å². The van der Waals surface area contributed by atoms with Crippen molar-refractivity contribution in [3.05, 3.63) is 302 Å². The lowest BCUT2D eigenvalue weighted by molar-refractivity contribution is 0.317. The van der Waals surface area contributed by atoms with Crippen LogP contribution >= 0.6 is 23.2 Å². The fraction of sp³-hybridized carbons (Fsp3) is 0.250. The fourth-order valence-corrected chi connectivity index (χ4v) is 9.84. The van der Waals surface area contributed by atoms with Crippen molar-refractivity contribution in [3.63, 3.8) is 0 Å². The van der Waals surface area contributed by atoms with Crippen molar-refractivity contribution in [2.45, 2.75) is 120 Å². The molecule has 0 radical (unpaired) electrons. The number of oxime groups is 9. The second-order valence-corrected chi connectivity index (χ2v) is 23.0. The Balaban J connectivity index is 0.000000619. The van der Waals surface area contributed by atoms with Gasteiger partial charge in [-0.05, 0) is 172 Å². The molecule has 0 amide bonds. The number of ether oxygens (including phenoxy) is 3. The predicted molar refractivity (Wildman–Crippen MR) is 435 cm³/mol. The maximum atomic E-state index is 13.0. The average molecular weight is 1560 g/mol. The first kappa shape index (κ1) is 96.0. The van der Waals surface area contributed by atoms with Crippen LogP contribution in [0.4, 0.5) is 13.2 Å². The van der Waals surface area contributed by atoms with Crippen molar-refractivity contribution in [3.8, 4) is 17.2 Å². The van der Waals surface area contributed by atoms with Gasteiger partial charge in [0.25, 0.3) is 0 Å². The fourth-order valence-electron chi connectivity index (χ4n) is 9.41. The molecule has 0 aromatic heterocycles. The average Bonchev–Trinajstić information content (AvgIpc) is 0.877. The van der Waals surface area contributed by atoms with E-state index in [4.69, 9.17) is 84.3 Å². The number of halogens is 5. The SMILES string of the molecule is CCC(=NO)c1ccc(F)cc1.CCC(=NO)c1ccc(OC)cc1.CCC(=NO)c1cccc(Cl)c1.CCC(=NO)c1cccc(F)c1.CCC(=NO)c1cccc(OC)c1.CCC(=NO)c1ccccc1.CCC(=NO)c1ccccc1Cl.CCC(=NO)c1ccccc1F.CCC(=NO)c1ccccc1OC. The quantitative estimate of drug-likeness (QED) is 0.0184. The monoisotopic (exact) mass is 1550 g/mol. The molecule has 9 rings (SSSR count). The Labute approximate surface area is 652 Å². The van der Waals surface area contributed by atoms with E-state index in [9.17, 15) is 13.2 Å². The maximum Gasteiger partial charge on any atom is 0.132 e. The standard InChI is InChI=1S/3C10H13NO2.2C9H10ClNO.3C9H10FNO.C9H11NO/c1-3-10(11-12)8-4-6-9(13-2)7-5-8;1-3-10(11-12)8-5-4-6-9(7-8)13-2;1-3-9(11-12)8-6-4-5-7-10(8)13-2;1-2-9(11-12)7-4-3-5-8(10)6-7;1-2-9(11-12)7-5-3-4-6-8(7)10;1-2-9(11-12)7-3-5-8(10)6-4-7;1-2-9(11-12)7-4-3-5-8(10)6-7;1-2-9(11-12)7-5-3-4-6-8(7)10;1-2-9(10-11)8-6-4-3-5-7-8/h3*4-7,12H,3H2,1-2H3;5*3-6,12H,2H2,1H3;3-7,11H,2H2,1H3. The molecule has 9 N–H and O–H groups in total. The molecule has 26 heteroatoms. The second-order valence-electron chi connectivity index (χ2n) is 22.1. The Hall–Kier alpha value is -12.0. The topological polar surface area (TPSA) is 321 Å². The maximum absolute atomic E-state index is 13.0. The molecule has 0 saturated heterocycles. The van der Waals surface area contributed by atoms with Crippen molar-refractivity contribution in [1.29, 1.82) is 0 Å². The minimum atomic E-state index is -0.354. The van der Waals surface area contributed by atoms with Gasteiger partial charge < -0.3 is 61.1 Å². The van der Waals surface area contributed by atoms with Gasteiger partial charge in [-0.25, -0.2) is 13.2 Å². The van der Waals surface area contributed by atoms with Crippen LogP contribution in [0, 0.1) is 17.5 Å². The van der Waals surface area contributed by atoms with Gasteiger partial charge >= 0.3 is 0 Å². The van der Waals surface area contributed by atoms with Gasteiger partial charge in [0.2, 0.25) is 0 Å². The van der Waals surface area contributed by atoms with Gasteiger partial charge in [-0.2, -0.15) is 0 Å². The number of methoxy groups -OCH3 is 3. The molecule has 0 aliphatic heterocycles. The summed E-state index contributed by atoms with van der Waals surface area (Å²) in [6.07, 6.45) is 5.92. The molecule has 0 saturated carbocycles. The number of rotatable bonds is 21. The van der Waals surface area contributed by atoms with Crippen LogP contribution in [0.1, 0.15) is 170 Å². The lowest BCUT2D eigenvalue weighted by Crippen LogP contribution is -2.01. The summed E-state index contributed by atoms with van der Waals surface area (Å²) in [6.45, 7) is 17.1. The predicted octanol–water partition coefficient (Wildman–Crippen LogP) is 22.2. The van der Waals surface area contributed by atoms with Crippen LogP contribution in [0.2, 0.25) is 10.0 Å². The van der Waals surface area contributed by atoms with E-state index in [-0.39, 0.29) is 17.5 Å². The van der Waals surface area contributed by atoms with Crippen molar-refractivity contribution >= 4 is 74.6 Å². The zero-order valence-corrected chi connectivity index (χ0v) is 65.4. The Morgan fingerprint density at radius 2 is 0.600 bits per heavy atom. The summed E-state index contributed by atoms with van der Waals surface area (Å²) >= 11 is 11.7. The van der Waals surface area contributed by atoms with Gasteiger partial charge in [0.05, 0.1) is 72.7 Å². The minimum absolute atomic E-state index is 0.285. The summed E-state index contributed by atoms with van der Waals surface area (Å²) in [5, 5.41) is 107. The molecular weight excluding hydrogens is 1450 g/mol. The van der Waals surface area contributed by atoms with Crippen molar-refractivity contribution < 1.29 is 74.2 Å². The molecule has 0 unspecified atom stereocenters. The summed E-state index contributed by atoms with van der Waals surface area (Å²) in [5.41, 5.74) is 12.4. The van der Waals surface area contributed by atoms with Crippen molar-refractivity contribution in [2.24, 2.45) is 46.4 Å². The molecule has 0 atom stereocenters. The molecular formula is C84H100Cl2F3N9O12. The molecule has 0 aliphatic rings. The van der Waals surface area contributed by atoms with E-state index < -0.39 is 0 Å². The second kappa shape index (κ2) is 58.1. The van der Waals surface area contributed by atoms with E-state index in [1.54, 1.807) is 82.0 Å². The van der Waals surface area contributed by atoms with E-state index in [2.05, 4.69) is 46.4 Å². The summed E-state index contributed by atoms with van der Waals surface area (Å²) in [6, 6.07) is 64.7. The zero-order chi connectivity index (χ0) is 82.0. The highest BCUT2D eigenvalue weighted by atomic mass is 35.5. The summed E-state index contributed by atoms with van der Waals surface area (Å²) in [4.78, 5) is 0. The highest BCUT2D eigenvalue weighted by Crippen LogP contribution is 2.21. The van der Waals surface area contributed by atoms with E-state index in [0.717, 1.165) is 68.3 Å². The summed E-state index contributed by atoms with van der Waals surface area (Å²) in [5.74, 6) is 1.35. The van der Waals surface area contributed by atoms with E-state index >= 15 is 0 Å². The number of para-hydroxylation sites is 1. The first-order chi connectivity index (χ1) is 53.2. The molecule has 9 aromatic rings. The van der Waals surface area contributed by atoms with Gasteiger partial charge in [-0.3, -0.25) is 0 Å². The molecule has 9 aromatic carbocycles. The first-order valence-corrected chi connectivity index (χ1v) is 35.6. The smallest absolute Gasteiger partial charge is 0.132 e. The van der Waals surface area contributed by atoms with Crippen molar-refractivity contribution in [1.82, 2.24) is 0 Å². The number of hydrogen-bond donors (Lipinski definition) is 9. The number of nitrogens with zero attached hydrogens (tertiary/aromatic N) is 9. The van der Waals surface area contributed by atoms with Gasteiger partial charge in [0.1, 0.15) is 34.7 Å². The van der Waals surface area contributed by atoms with Crippen LogP contribution in [0.5, 0.6) is 17.2 Å². The highest BCUT2D eigenvalue weighted by Gasteiger charge is 2.11. The number of benzene rings is 9. The molecule has 588 valence electrons. The number of hydrogen-bond acceptors (Lipinski definition) is 21. The third kappa shape index (κ3) is 35.1. The van der Waals surface area contributed by atoms with Crippen LogP contribution in [-0.2, 0) is 0 Å². The summed E-state index contributed by atoms with van der Waals surface area (Å²) < 4.78 is 53.4. The molecule has 0 bridgehead atoms. The van der Waals surface area contributed by atoms with E-state index in [0.29, 0.717) is 118 Å². The largest absolute Gasteiger partial charge is 0.497 e. The van der Waals surface area contributed by atoms with Crippen LogP contribution < -0.4 is 14.2 Å². The Kier molecular flexibility index (Phi) is 50.7. The molecule has 0 heterocycles. The third-order valence-electron chi connectivity index (χ3n) is 15.3. The zero-order valence-electron chi connectivity index (χ0n) is 63.9. The van der Waals surface area contributed by atoms with Gasteiger partial charge in [0, 0.05) is 43.4 Å². The molecule has 0 fully saturated rings. The lowest BCUT2D eigenvalue weighted by Gasteiger charge is -2.07. The lowest BCUT2D eigenvalue weighted by atomic mass is 10.1. The third-order valence-corrected chi connectivity index (χ3v) is 15.9. The molecule has 0 aliphatic carbocycles. The Bertz CT molecular complexity index is 4250. The van der Waals surface area contributed by atoms with Crippen molar-refractivity contribution in [2.75, 3.05) is 21.3 Å². The normalized spacial score (nSPS) is 11.6. The highest BCUT2D eigenvalue weighted by molar-refractivity contribution is 6.34. The molecule has 21 nitrogen and oxygen atoms in total. The summed E-state index contributed by atoms with van der Waals surface area (Å²) in [7, 11) is 4.83. The minimum Gasteiger partial charge on any atom is -0.497 e. The van der Waals surface area contributed by atoms with Crippen LogP contribution in [0.25, 0.3) is 0 Å². The Morgan fingerprint density at radius 1 is 0.273 bits per heavy atom. The van der Waals surface area contributed by atoms with Gasteiger partial charge in [-0.15, -0.1) is 0 Å². The van der Waals surface area contributed by atoms with E-state index in [1.807, 2.05) is 196 Å². The molecule has 0 spiro atoms. The van der Waals surface area contributed by atoms with Crippen LogP contribution in [-0.4, -0.2) is 120 Å².